The summed E-state index contributed by atoms with van der Waals surface area (Å²) in [5.41, 5.74) is 7.91. The topological polar surface area (TPSA) is 81.4 Å². The molecule has 0 saturated carbocycles. The number of fused-ring (bicyclic) bond motifs is 1. The van der Waals surface area contributed by atoms with Gasteiger partial charge in [-0.25, -0.2) is 0 Å². The number of carbonyl (C=O) groups is 2. The van der Waals surface area contributed by atoms with Gasteiger partial charge in [-0.1, -0.05) is 12.1 Å². The second-order valence-electron chi connectivity index (χ2n) is 5.73. The fourth-order valence-corrected chi connectivity index (χ4v) is 4.29. The number of carbonyl (C=O) groups excluding carboxylic acids is 2. The number of nitrogens with one attached hydrogen (secondary N) is 1. The molecule has 126 valence electrons. The van der Waals surface area contributed by atoms with Gasteiger partial charge in [0.05, 0.1) is 18.6 Å². The van der Waals surface area contributed by atoms with E-state index in [1.807, 2.05) is 31.2 Å². The summed E-state index contributed by atoms with van der Waals surface area (Å²) >= 11 is 1.47. The van der Waals surface area contributed by atoms with E-state index in [-0.39, 0.29) is 12.3 Å². The van der Waals surface area contributed by atoms with Gasteiger partial charge in [-0.2, -0.15) is 0 Å². The molecule has 0 spiro atoms. The fourth-order valence-electron chi connectivity index (χ4n) is 2.98. The second-order valence-corrected chi connectivity index (χ2v) is 6.83. The van der Waals surface area contributed by atoms with Gasteiger partial charge in [-0.15, -0.1) is 11.3 Å². The summed E-state index contributed by atoms with van der Waals surface area (Å²) in [4.78, 5) is 25.2. The number of rotatable bonds is 6. The molecule has 6 heteroatoms. The van der Waals surface area contributed by atoms with Crippen LogP contribution in [0.5, 0.6) is 5.75 Å². The van der Waals surface area contributed by atoms with Crippen LogP contribution < -0.4 is 15.8 Å². The monoisotopic (exact) mass is 344 g/mol. The molecule has 2 amide bonds. The van der Waals surface area contributed by atoms with E-state index in [0.717, 1.165) is 36.1 Å². The van der Waals surface area contributed by atoms with E-state index >= 15 is 0 Å². The Kier molecular flexibility index (Phi) is 4.85. The van der Waals surface area contributed by atoms with Crippen molar-refractivity contribution in [2.45, 2.75) is 32.6 Å². The number of hydrogen-bond donors (Lipinski definition) is 2. The lowest BCUT2D eigenvalue weighted by Crippen LogP contribution is -2.19. The Hall–Kier alpha value is -2.34. The molecular formula is C18H20N2O3S. The molecule has 0 unspecified atom stereocenters. The molecule has 0 aliphatic heterocycles. The van der Waals surface area contributed by atoms with Crippen molar-refractivity contribution in [1.82, 2.24) is 0 Å². The van der Waals surface area contributed by atoms with Gasteiger partial charge < -0.3 is 15.8 Å². The van der Waals surface area contributed by atoms with Crippen LogP contribution in [-0.4, -0.2) is 18.4 Å². The summed E-state index contributed by atoms with van der Waals surface area (Å²) in [5, 5.41) is 3.44. The molecule has 0 atom stereocenters. The first kappa shape index (κ1) is 16.5. The Balaban J connectivity index is 1.70. The summed E-state index contributed by atoms with van der Waals surface area (Å²) in [7, 11) is 0. The summed E-state index contributed by atoms with van der Waals surface area (Å²) in [6.07, 6.45) is 3.10. The van der Waals surface area contributed by atoms with Crippen molar-refractivity contribution in [3.05, 3.63) is 45.8 Å². The Labute approximate surface area is 144 Å². The smallest absolute Gasteiger partial charge is 0.251 e. The highest BCUT2D eigenvalue weighted by Gasteiger charge is 2.26. The maximum Gasteiger partial charge on any atom is 0.251 e. The van der Waals surface area contributed by atoms with Gasteiger partial charge in [0.25, 0.3) is 5.91 Å². The molecule has 1 aromatic heterocycles. The molecule has 1 aromatic carbocycles. The van der Waals surface area contributed by atoms with Gasteiger partial charge in [0.1, 0.15) is 10.8 Å². The summed E-state index contributed by atoms with van der Waals surface area (Å²) in [6, 6.07) is 7.43. The second kappa shape index (κ2) is 7.05. The third kappa shape index (κ3) is 3.43. The van der Waals surface area contributed by atoms with Gasteiger partial charge >= 0.3 is 0 Å². The van der Waals surface area contributed by atoms with Crippen LogP contribution >= 0.6 is 11.3 Å². The molecule has 5 nitrogen and oxygen atoms in total. The van der Waals surface area contributed by atoms with Crippen LogP contribution in [0.2, 0.25) is 0 Å². The van der Waals surface area contributed by atoms with Gasteiger partial charge in [0.15, 0.2) is 0 Å². The standard InChI is InChI=1S/C18H20N2O3S/c1-2-23-12-8-6-11(7-9-12)10-15(21)20-18-16(17(19)22)13-4-3-5-14(13)24-18/h6-9H,2-5,10H2,1H3,(H2,19,22)(H,20,21). The van der Waals surface area contributed by atoms with Crippen molar-refractivity contribution < 1.29 is 14.3 Å². The Morgan fingerprint density at radius 1 is 1.25 bits per heavy atom. The fraction of sp³-hybridized carbons (Fsp3) is 0.333. The minimum Gasteiger partial charge on any atom is -0.494 e. The van der Waals surface area contributed by atoms with Gasteiger partial charge in [0, 0.05) is 4.88 Å². The predicted molar refractivity (Wildman–Crippen MR) is 94.8 cm³/mol. The number of benzene rings is 1. The molecule has 0 bridgehead atoms. The molecule has 2 aromatic rings. The number of thiophene rings is 1. The summed E-state index contributed by atoms with van der Waals surface area (Å²) in [5.74, 6) is 0.166. The lowest BCUT2D eigenvalue weighted by Gasteiger charge is -2.07. The number of hydrogen-bond acceptors (Lipinski definition) is 4. The number of amides is 2. The Bertz CT molecular complexity index is 765. The van der Waals surface area contributed by atoms with Crippen LogP contribution in [-0.2, 0) is 24.1 Å². The van der Waals surface area contributed by atoms with E-state index in [0.29, 0.717) is 17.2 Å². The highest BCUT2D eigenvalue weighted by Crippen LogP contribution is 2.38. The van der Waals surface area contributed by atoms with Crippen LogP contribution in [0, 0.1) is 0 Å². The van der Waals surface area contributed by atoms with E-state index < -0.39 is 5.91 Å². The lowest BCUT2D eigenvalue weighted by molar-refractivity contribution is -0.115. The Morgan fingerprint density at radius 2 is 2.00 bits per heavy atom. The van der Waals surface area contributed by atoms with Crippen molar-refractivity contribution >= 4 is 28.2 Å². The number of primary amides is 1. The molecule has 1 aliphatic carbocycles. The van der Waals surface area contributed by atoms with Crippen molar-refractivity contribution in [3.63, 3.8) is 0 Å². The van der Waals surface area contributed by atoms with E-state index in [1.165, 1.54) is 16.2 Å². The van der Waals surface area contributed by atoms with Gasteiger partial charge in [0.2, 0.25) is 5.91 Å². The summed E-state index contributed by atoms with van der Waals surface area (Å²) in [6.45, 7) is 2.54. The van der Waals surface area contributed by atoms with E-state index in [9.17, 15) is 9.59 Å². The predicted octanol–water partition coefficient (Wildman–Crippen LogP) is 2.92. The maximum atomic E-state index is 12.3. The van der Waals surface area contributed by atoms with Crippen LogP contribution in [0.3, 0.4) is 0 Å². The Morgan fingerprint density at radius 3 is 2.67 bits per heavy atom. The first-order valence-electron chi connectivity index (χ1n) is 8.04. The van der Waals surface area contributed by atoms with Crippen LogP contribution in [0.25, 0.3) is 0 Å². The third-order valence-electron chi connectivity index (χ3n) is 4.02. The molecule has 3 rings (SSSR count). The van der Waals surface area contributed by atoms with Crippen molar-refractivity contribution in [1.29, 1.82) is 0 Å². The highest BCUT2D eigenvalue weighted by molar-refractivity contribution is 7.17. The molecule has 0 radical (unpaired) electrons. The molecule has 0 saturated heterocycles. The number of ether oxygens (including phenoxy) is 1. The SMILES string of the molecule is CCOc1ccc(CC(=O)Nc2sc3c(c2C(N)=O)CCC3)cc1. The van der Waals surface area contributed by atoms with Crippen molar-refractivity contribution in [3.8, 4) is 5.75 Å². The number of nitrogens with two attached hydrogens (primary N) is 1. The molecule has 3 N–H and O–H groups in total. The zero-order chi connectivity index (χ0) is 17.1. The molecule has 24 heavy (non-hydrogen) atoms. The lowest BCUT2D eigenvalue weighted by atomic mass is 10.1. The van der Waals surface area contributed by atoms with Gasteiger partial charge in [-0.3, -0.25) is 9.59 Å². The van der Waals surface area contributed by atoms with Gasteiger partial charge in [-0.05, 0) is 49.4 Å². The highest BCUT2D eigenvalue weighted by atomic mass is 32.1. The largest absolute Gasteiger partial charge is 0.494 e. The minimum atomic E-state index is -0.467. The van der Waals surface area contributed by atoms with Crippen LogP contribution in [0.4, 0.5) is 5.00 Å². The van der Waals surface area contributed by atoms with Crippen LogP contribution in [0.1, 0.15) is 39.7 Å². The first-order valence-corrected chi connectivity index (χ1v) is 8.86. The first-order chi connectivity index (χ1) is 11.6. The van der Waals surface area contributed by atoms with Crippen molar-refractivity contribution in [2.75, 3.05) is 11.9 Å². The van der Waals surface area contributed by atoms with E-state index in [4.69, 9.17) is 10.5 Å². The summed E-state index contributed by atoms with van der Waals surface area (Å²) < 4.78 is 5.39. The average Bonchev–Trinajstić information content (AvgIpc) is 3.09. The molecule has 1 heterocycles. The van der Waals surface area contributed by atoms with E-state index in [2.05, 4.69) is 5.32 Å². The maximum absolute atomic E-state index is 12.3. The quantitative estimate of drug-likeness (QED) is 0.845. The zero-order valence-corrected chi connectivity index (χ0v) is 14.4. The molecule has 0 fully saturated rings. The zero-order valence-electron chi connectivity index (χ0n) is 13.6. The molecular weight excluding hydrogens is 324 g/mol. The van der Waals surface area contributed by atoms with E-state index in [1.54, 1.807) is 0 Å². The average molecular weight is 344 g/mol. The normalized spacial score (nSPS) is 12.7. The number of anilines is 1. The number of aryl methyl sites for hydroxylation is 1. The third-order valence-corrected chi connectivity index (χ3v) is 5.23. The van der Waals surface area contributed by atoms with Crippen molar-refractivity contribution in [2.24, 2.45) is 5.73 Å². The minimum absolute atomic E-state index is 0.151. The molecule has 1 aliphatic rings. The van der Waals surface area contributed by atoms with Crippen LogP contribution in [0.15, 0.2) is 24.3 Å².